The lowest BCUT2D eigenvalue weighted by Crippen LogP contribution is -2.48. The Labute approximate surface area is 176 Å². The number of nitrogens with zero attached hydrogens (tertiary/aromatic N) is 4. The summed E-state index contributed by atoms with van der Waals surface area (Å²) in [5.41, 5.74) is 1.02. The second-order valence-corrected chi connectivity index (χ2v) is 7.13. The highest BCUT2D eigenvalue weighted by atomic mass is 35.5. The van der Waals surface area contributed by atoms with Crippen molar-refractivity contribution in [2.45, 2.75) is 58.9 Å². The number of hydrogen-bond acceptors (Lipinski definition) is 5. The van der Waals surface area contributed by atoms with Crippen molar-refractivity contribution < 1.29 is 4.79 Å². The number of amides is 1. The zero-order valence-corrected chi connectivity index (χ0v) is 18.8. The van der Waals surface area contributed by atoms with E-state index in [1.807, 2.05) is 14.0 Å². The third-order valence-corrected chi connectivity index (χ3v) is 4.85. The molecule has 156 valence electrons. The Kier molecular flexibility index (Phi) is 11.9. The van der Waals surface area contributed by atoms with Gasteiger partial charge in [-0.05, 0) is 33.7 Å². The van der Waals surface area contributed by atoms with Crippen LogP contribution in [0.1, 0.15) is 57.5 Å². The maximum absolute atomic E-state index is 12.4. The van der Waals surface area contributed by atoms with Crippen LogP contribution >= 0.6 is 24.8 Å². The molecule has 0 atom stereocenters. The molecule has 27 heavy (non-hydrogen) atoms. The number of aromatic nitrogens is 2. The minimum atomic E-state index is 0. The number of carbonyl (C=O) groups is 1. The van der Waals surface area contributed by atoms with Crippen molar-refractivity contribution in [1.82, 2.24) is 20.2 Å². The van der Waals surface area contributed by atoms with Gasteiger partial charge in [0, 0.05) is 56.3 Å². The Balaban J connectivity index is 0.00000338. The summed E-state index contributed by atoms with van der Waals surface area (Å²) >= 11 is 0. The SMILES string of the molecule is CCN(C(=O)CCNC)C1CCN(c2cc(C)nc(C(C)C)n2)CC1.Cl.Cl. The van der Waals surface area contributed by atoms with E-state index in [0.717, 1.165) is 56.4 Å². The minimum absolute atomic E-state index is 0. The number of nitrogens with one attached hydrogen (secondary N) is 1. The highest BCUT2D eigenvalue weighted by Crippen LogP contribution is 2.23. The fraction of sp³-hybridized carbons (Fsp3) is 0.737. The minimum Gasteiger partial charge on any atom is -0.356 e. The van der Waals surface area contributed by atoms with Crippen LogP contribution in [0.15, 0.2) is 6.07 Å². The molecule has 1 N–H and O–H groups in total. The second kappa shape index (κ2) is 12.4. The first-order valence-corrected chi connectivity index (χ1v) is 9.50. The van der Waals surface area contributed by atoms with Crippen molar-refractivity contribution in [3.05, 3.63) is 17.6 Å². The van der Waals surface area contributed by atoms with Crippen molar-refractivity contribution >= 4 is 36.5 Å². The summed E-state index contributed by atoms with van der Waals surface area (Å²) < 4.78 is 0. The molecule has 0 bridgehead atoms. The number of rotatable bonds is 7. The number of anilines is 1. The van der Waals surface area contributed by atoms with Gasteiger partial charge < -0.3 is 15.1 Å². The average molecular weight is 420 g/mol. The van der Waals surface area contributed by atoms with E-state index in [4.69, 9.17) is 4.98 Å². The zero-order valence-electron chi connectivity index (χ0n) is 17.2. The quantitative estimate of drug-likeness (QED) is 0.734. The first-order chi connectivity index (χ1) is 12.0. The predicted molar refractivity (Wildman–Crippen MR) is 117 cm³/mol. The number of piperidine rings is 1. The van der Waals surface area contributed by atoms with Gasteiger partial charge in [0.25, 0.3) is 0 Å². The van der Waals surface area contributed by atoms with Gasteiger partial charge in [0.05, 0.1) is 0 Å². The van der Waals surface area contributed by atoms with Crippen LogP contribution < -0.4 is 10.2 Å². The van der Waals surface area contributed by atoms with Crippen LogP contribution in [0.2, 0.25) is 0 Å². The Morgan fingerprint density at radius 2 is 1.93 bits per heavy atom. The Morgan fingerprint density at radius 1 is 1.30 bits per heavy atom. The summed E-state index contributed by atoms with van der Waals surface area (Å²) in [4.78, 5) is 26.1. The van der Waals surface area contributed by atoms with Crippen molar-refractivity contribution in [2.24, 2.45) is 0 Å². The third-order valence-electron chi connectivity index (χ3n) is 4.85. The maximum atomic E-state index is 12.4. The first-order valence-electron chi connectivity index (χ1n) is 9.50. The standard InChI is InChI=1S/C19H33N5O.2ClH/c1-6-24(18(25)7-10-20-5)16-8-11-23(12-9-16)17-13-15(4)21-19(22-17)14(2)3;;/h13-14,16,20H,6-12H2,1-5H3;2*1H. The van der Waals surface area contributed by atoms with Crippen LogP contribution in [0.25, 0.3) is 0 Å². The highest BCUT2D eigenvalue weighted by molar-refractivity contribution is 5.85. The lowest BCUT2D eigenvalue weighted by Gasteiger charge is -2.39. The Bertz CT molecular complexity index is 577. The molecule has 0 saturated carbocycles. The molecule has 6 nitrogen and oxygen atoms in total. The molecule has 8 heteroatoms. The number of carbonyl (C=O) groups excluding carboxylic acids is 1. The van der Waals surface area contributed by atoms with E-state index in [2.05, 4.69) is 46.9 Å². The van der Waals surface area contributed by atoms with E-state index < -0.39 is 0 Å². The molecular formula is C19H35Cl2N5O. The molecule has 1 fully saturated rings. The monoisotopic (exact) mass is 419 g/mol. The second-order valence-electron chi connectivity index (χ2n) is 7.13. The molecule has 1 amide bonds. The fourth-order valence-electron chi connectivity index (χ4n) is 3.41. The van der Waals surface area contributed by atoms with Gasteiger partial charge >= 0.3 is 0 Å². The topological polar surface area (TPSA) is 61.4 Å². The molecule has 0 aromatic carbocycles. The fourth-order valence-corrected chi connectivity index (χ4v) is 3.41. The van der Waals surface area contributed by atoms with Gasteiger partial charge in [-0.2, -0.15) is 0 Å². The molecule has 0 unspecified atom stereocenters. The van der Waals surface area contributed by atoms with Crippen LogP contribution in [0, 0.1) is 6.92 Å². The van der Waals surface area contributed by atoms with Gasteiger partial charge in [0.15, 0.2) is 0 Å². The molecule has 1 saturated heterocycles. The summed E-state index contributed by atoms with van der Waals surface area (Å²) in [6.07, 6.45) is 2.58. The lowest BCUT2D eigenvalue weighted by molar-refractivity contribution is -0.133. The molecule has 0 aliphatic carbocycles. The van der Waals surface area contributed by atoms with Gasteiger partial charge in [0.1, 0.15) is 11.6 Å². The molecule has 1 aliphatic heterocycles. The highest BCUT2D eigenvalue weighted by Gasteiger charge is 2.27. The molecule has 2 rings (SSSR count). The summed E-state index contributed by atoms with van der Waals surface area (Å²) in [5.74, 6) is 2.53. The van der Waals surface area contributed by atoms with E-state index in [0.29, 0.717) is 18.4 Å². The van der Waals surface area contributed by atoms with Crippen LogP contribution in [0.4, 0.5) is 5.82 Å². The molecule has 0 spiro atoms. The summed E-state index contributed by atoms with van der Waals surface area (Å²) in [5, 5.41) is 3.06. The van der Waals surface area contributed by atoms with Crippen molar-refractivity contribution in [3.8, 4) is 0 Å². The van der Waals surface area contributed by atoms with Crippen LogP contribution in [0.5, 0.6) is 0 Å². The number of aryl methyl sites for hydroxylation is 1. The van der Waals surface area contributed by atoms with Crippen LogP contribution in [-0.4, -0.2) is 60.0 Å². The number of hydrogen-bond donors (Lipinski definition) is 1. The van der Waals surface area contributed by atoms with E-state index in [-0.39, 0.29) is 30.7 Å². The van der Waals surface area contributed by atoms with E-state index in [1.165, 1.54) is 0 Å². The van der Waals surface area contributed by atoms with Crippen LogP contribution in [-0.2, 0) is 4.79 Å². The smallest absolute Gasteiger partial charge is 0.224 e. The van der Waals surface area contributed by atoms with Gasteiger partial charge in [0.2, 0.25) is 5.91 Å². The van der Waals surface area contributed by atoms with Gasteiger partial charge in [-0.25, -0.2) is 9.97 Å². The van der Waals surface area contributed by atoms with Crippen molar-refractivity contribution in [1.29, 1.82) is 0 Å². The normalized spacial score (nSPS) is 14.5. The molecule has 1 aromatic rings. The van der Waals surface area contributed by atoms with Gasteiger partial charge in [-0.3, -0.25) is 4.79 Å². The van der Waals surface area contributed by atoms with Gasteiger partial charge in [-0.15, -0.1) is 24.8 Å². The molecule has 1 aliphatic rings. The van der Waals surface area contributed by atoms with E-state index in [1.54, 1.807) is 0 Å². The van der Waals surface area contributed by atoms with Crippen molar-refractivity contribution in [3.63, 3.8) is 0 Å². The summed E-state index contributed by atoms with van der Waals surface area (Å²) in [7, 11) is 1.89. The Hall–Kier alpha value is -1.11. The summed E-state index contributed by atoms with van der Waals surface area (Å²) in [6, 6.07) is 2.42. The summed E-state index contributed by atoms with van der Waals surface area (Å²) in [6.45, 7) is 11.8. The lowest BCUT2D eigenvalue weighted by atomic mass is 10.0. The largest absolute Gasteiger partial charge is 0.356 e. The number of halogens is 2. The predicted octanol–water partition coefficient (Wildman–Crippen LogP) is 3.18. The van der Waals surface area contributed by atoms with Gasteiger partial charge in [-0.1, -0.05) is 13.8 Å². The molecular weight excluding hydrogens is 385 g/mol. The van der Waals surface area contributed by atoms with Crippen LogP contribution in [0.3, 0.4) is 0 Å². The first kappa shape index (κ1) is 25.9. The third kappa shape index (κ3) is 7.09. The molecule has 1 aromatic heterocycles. The molecule has 2 heterocycles. The Morgan fingerprint density at radius 3 is 2.44 bits per heavy atom. The maximum Gasteiger partial charge on any atom is 0.224 e. The zero-order chi connectivity index (χ0) is 18.4. The van der Waals surface area contributed by atoms with E-state index >= 15 is 0 Å². The average Bonchev–Trinajstić information content (AvgIpc) is 2.60. The molecule has 0 radical (unpaired) electrons. The van der Waals surface area contributed by atoms with E-state index in [9.17, 15) is 4.79 Å². The van der Waals surface area contributed by atoms with Crippen molar-refractivity contribution in [2.75, 3.05) is 38.1 Å².